The zero-order valence-electron chi connectivity index (χ0n) is 18.6. The van der Waals surface area contributed by atoms with Gasteiger partial charge < -0.3 is 10.4 Å². The maximum atomic E-state index is 13.3. The lowest BCUT2D eigenvalue weighted by Crippen LogP contribution is -2.52. The highest BCUT2D eigenvalue weighted by Gasteiger charge is 2.55. The molecule has 6 nitrogen and oxygen atoms in total. The first-order valence-electron chi connectivity index (χ1n) is 12.1. The number of aliphatic hydroxyl groups is 1. The second-order valence-electron chi connectivity index (χ2n) is 9.72. The molecule has 2 unspecified atom stereocenters. The minimum atomic E-state index is -1.46. The summed E-state index contributed by atoms with van der Waals surface area (Å²) >= 11 is 0. The summed E-state index contributed by atoms with van der Waals surface area (Å²) in [4.78, 5) is 20.1. The highest BCUT2D eigenvalue weighted by molar-refractivity contribution is 5.86. The molecule has 3 fully saturated rings. The summed E-state index contributed by atoms with van der Waals surface area (Å²) in [5.74, 6) is 0.980. The Kier molecular flexibility index (Phi) is 6.26. The van der Waals surface area contributed by atoms with E-state index in [2.05, 4.69) is 26.6 Å². The number of piperidine rings is 1. The minimum Gasteiger partial charge on any atom is -0.375 e. The lowest BCUT2D eigenvalue weighted by Gasteiger charge is -2.37. The van der Waals surface area contributed by atoms with Crippen molar-refractivity contribution in [3.05, 3.63) is 66.0 Å². The van der Waals surface area contributed by atoms with Gasteiger partial charge >= 0.3 is 0 Å². The number of pyridine rings is 1. The molecule has 1 aromatic heterocycles. The van der Waals surface area contributed by atoms with Gasteiger partial charge in [0.2, 0.25) is 0 Å². The molecule has 3 N–H and O–H groups in total. The van der Waals surface area contributed by atoms with Crippen LogP contribution in [-0.2, 0) is 16.9 Å². The SMILES string of the molecule is O=C(NCNC1[C@H]2CN(Cc3ccccn3)C[C@@H]12)C(O)(c1ccccc1)C1CCCCC1. The molecule has 1 aromatic carbocycles. The number of hydrogen-bond acceptors (Lipinski definition) is 5. The Balaban J connectivity index is 1.13. The second kappa shape index (κ2) is 9.30. The Morgan fingerprint density at radius 3 is 2.44 bits per heavy atom. The van der Waals surface area contributed by atoms with E-state index in [1.54, 1.807) is 0 Å². The van der Waals surface area contributed by atoms with Crippen LogP contribution in [0.4, 0.5) is 0 Å². The van der Waals surface area contributed by atoms with Crippen LogP contribution >= 0.6 is 0 Å². The van der Waals surface area contributed by atoms with E-state index in [1.807, 2.05) is 48.7 Å². The molecule has 170 valence electrons. The van der Waals surface area contributed by atoms with Crippen LogP contribution < -0.4 is 10.6 Å². The fourth-order valence-corrected chi connectivity index (χ4v) is 5.92. The third-order valence-corrected chi connectivity index (χ3v) is 7.72. The Bertz CT molecular complexity index is 891. The lowest BCUT2D eigenvalue weighted by atomic mass is 9.73. The standard InChI is InChI=1S/C26H34N4O2/c31-25(26(32,19-9-3-1-4-10-19)20-11-5-2-6-12-20)29-18-28-24-22-16-30(17-23(22)24)15-21-13-7-8-14-27-21/h1,3-4,7-10,13-14,20,22-24,28,32H,2,5-6,11-12,15-18H2,(H,29,31)/t22-,23+,24?,26?. The van der Waals surface area contributed by atoms with Crippen molar-refractivity contribution in [1.82, 2.24) is 20.5 Å². The van der Waals surface area contributed by atoms with Gasteiger partial charge in [-0.05, 0) is 42.4 Å². The largest absolute Gasteiger partial charge is 0.375 e. The molecule has 0 spiro atoms. The molecule has 5 rings (SSSR count). The maximum absolute atomic E-state index is 13.3. The first-order valence-corrected chi connectivity index (χ1v) is 12.1. The molecule has 1 aliphatic heterocycles. The van der Waals surface area contributed by atoms with E-state index in [-0.39, 0.29) is 11.8 Å². The predicted octanol–water partition coefficient (Wildman–Crippen LogP) is 2.64. The van der Waals surface area contributed by atoms with Gasteiger partial charge in [-0.25, -0.2) is 0 Å². The van der Waals surface area contributed by atoms with Gasteiger partial charge in [0.1, 0.15) is 0 Å². The van der Waals surface area contributed by atoms with E-state index in [0.717, 1.165) is 51.0 Å². The van der Waals surface area contributed by atoms with E-state index in [1.165, 1.54) is 6.42 Å². The summed E-state index contributed by atoms with van der Waals surface area (Å²) in [6, 6.07) is 16.0. The molecule has 1 saturated heterocycles. The molecule has 3 aliphatic rings. The number of nitrogens with one attached hydrogen (secondary N) is 2. The van der Waals surface area contributed by atoms with Crippen LogP contribution in [0.3, 0.4) is 0 Å². The Morgan fingerprint density at radius 2 is 1.75 bits per heavy atom. The second-order valence-corrected chi connectivity index (χ2v) is 9.72. The van der Waals surface area contributed by atoms with Crippen LogP contribution in [0.1, 0.15) is 43.4 Å². The summed E-state index contributed by atoms with van der Waals surface area (Å²) < 4.78 is 0. The van der Waals surface area contributed by atoms with Crippen LogP contribution in [-0.4, -0.2) is 46.7 Å². The highest BCUT2D eigenvalue weighted by atomic mass is 16.3. The number of fused-ring (bicyclic) bond motifs is 1. The molecule has 4 atom stereocenters. The smallest absolute Gasteiger partial charge is 0.257 e. The van der Waals surface area contributed by atoms with E-state index in [0.29, 0.717) is 30.1 Å². The topological polar surface area (TPSA) is 77.5 Å². The van der Waals surface area contributed by atoms with Crippen molar-refractivity contribution >= 4 is 5.91 Å². The van der Waals surface area contributed by atoms with Crippen LogP contribution in [0.5, 0.6) is 0 Å². The van der Waals surface area contributed by atoms with Crippen molar-refractivity contribution in [2.75, 3.05) is 19.8 Å². The average Bonchev–Trinajstić information content (AvgIpc) is 3.30. The van der Waals surface area contributed by atoms with Gasteiger partial charge in [-0.15, -0.1) is 0 Å². The number of carbonyl (C=O) groups is 1. The number of carbonyl (C=O) groups excluding carboxylic acids is 1. The molecule has 6 heteroatoms. The van der Waals surface area contributed by atoms with Gasteiger partial charge in [0.15, 0.2) is 5.60 Å². The van der Waals surface area contributed by atoms with Crippen LogP contribution in [0, 0.1) is 17.8 Å². The first kappa shape index (κ1) is 21.6. The summed E-state index contributed by atoms with van der Waals surface area (Å²) in [6.07, 6.45) is 6.98. The number of hydrogen-bond donors (Lipinski definition) is 3. The predicted molar refractivity (Wildman–Crippen MR) is 123 cm³/mol. The molecule has 2 aliphatic carbocycles. The van der Waals surface area contributed by atoms with Crippen molar-refractivity contribution in [3.63, 3.8) is 0 Å². The van der Waals surface area contributed by atoms with Crippen LogP contribution in [0.2, 0.25) is 0 Å². The van der Waals surface area contributed by atoms with E-state index in [9.17, 15) is 9.90 Å². The third-order valence-electron chi connectivity index (χ3n) is 7.72. The molecule has 2 heterocycles. The Hall–Kier alpha value is -2.28. The summed E-state index contributed by atoms with van der Waals surface area (Å²) in [5, 5.41) is 18.2. The molecule has 1 amide bonds. The number of likely N-dealkylation sites (tertiary alicyclic amines) is 1. The Morgan fingerprint density at radius 1 is 1.03 bits per heavy atom. The molecule has 2 saturated carbocycles. The van der Waals surface area contributed by atoms with Gasteiger partial charge in [-0.3, -0.25) is 20.0 Å². The number of nitrogens with zero attached hydrogens (tertiary/aromatic N) is 2. The van der Waals surface area contributed by atoms with Crippen molar-refractivity contribution in [1.29, 1.82) is 0 Å². The van der Waals surface area contributed by atoms with Crippen molar-refractivity contribution < 1.29 is 9.90 Å². The minimum absolute atomic E-state index is 0.0286. The van der Waals surface area contributed by atoms with Gasteiger partial charge in [-0.1, -0.05) is 55.7 Å². The van der Waals surface area contributed by atoms with E-state index >= 15 is 0 Å². The summed E-state index contributed by atoms with van der Waals surface area (Å²) in [5.41, 5.74) is 0.369. The Labute approximate surface area is 190 Å². The zero-order valence-corrected chi connectivity index (χ0v) is 18.6. The van der Waals surface area contributed by atoms with E-state index in [4.69, 9.17) is 0 Å². The van der Waals surface area contributed by atoms with Crippen LogP contribution in [0.25, 0.3) is 0 Å². The third kappa shape index (κ3) is 4.32. The first-order chi connectivity index (χ1) is 15.7. The quantitative estimate of drug-likeness (QED) is 0.557. The molecule has 2 aromatic rings. The number of amides is 1. The maximum Gasteiger partial charge on any atom is 0.257 e. The van der Waals surface area contributed by atoms with Crippen molar-refractivity contribution in [2.24, 2.45) is 17.8 Å². The molecule has 32 heavy (non-hydrogen) atoms. The highest BCUT2D eigenvalue weighted by Crippen LogP contribution is 2.45. The van der Waals surface area contributed by atoms with Crippen LogP contribution in [0.15, 0.2) is 54.7 Å². The van der Waals surface area contributed by atoms with Gasteiger partial charge in [0.25, 0.3) is 5.91 Å². The zero-order chi connectivity index (χ0) is 22.0. The number of benzene rings is 1. The summed E-state index contributed by atoms with van der Waals surface area (Å²) in [6.45, 7) is 3.45. The summed E-state index contributed by atoms with van der Waals surface area (Å²) in [7, 11) is 0. The van der Waals surface area contributed by atoms with Crippen molar-refractivity contribution in [3.8, 4) is 0 Å². The van der Waals surface area contributed by atoms with Crippen molar-refractivity contribution in [2.45, 2.75) is 50.3 Å². The molecule has 0 radical (unpaired) electrons. The van der Waals surface area contributed by atoms with Gasteiger partial charge in [0, 0.05) is 37.8 Å². The normalized spacial score (nSPS) is 27.5. The number of aromatic nitrogens is 1. The molecule has 0 bridgehead atoms. The fourth-order valence-electron chi connectivity index (χ4n) is 5.92. The van der Waals surface area contributed by atoms with Gasteiger partial charge in [-0.2, -0.15) is 0 Å². The molecular weight excluding hydrogens is 400 g/mol. The monoisotopic (exact) mass is 434 g/mol. The lowest BCUT2D eigenvalue weighted by molar-refractivity contribution is -0.149. The van der Waals surface area contributed by atoms with E-state index < -0.39 is 5.60 Å². The fraction of sp³-hybridized carbons (Fsp3) is 0.538. The van der Waals surface area contributed by atoms with Gasteiger partial charge in [0.05, 0.1) is 12.4 Å². The number of rotatable bonds is 8. The molecular formula is C26H34N4O2. The average molecular weight is 435 g/mol.